The first-order chi connectivity index (χ1) is 6.19. The molecule has 0 heterocycles. The molecule has 14 heavy (non-hydrogen) atoms. The average molecular weight is 209 g/mol. The molecule has 0 aliphatic carbocycles. The van der Waals surface area contributed by atoms with Crippen LogP contribution in [0.1, 0.15) is 20.3 Å². The molecule has 1 amide bonds. The average Bonchev–Trinajstić information content (AvgIpc) is 1.98. The molecule has 0 aliphatic heterocycles. The lowest BCUT2D eigenvalue weighted by Crippen LogP contribution is -2.41. The Balaban J connectivity index is 4.06. The topological polar surface area (TPSA) is 29.1 Å². The van der Waals surface area contributed by atoms with Crippen LogP contribution < -0.4 is 5.32 Å². The Hall–Kier alpha value is -1.00. The van der Waals surface area contributed by atoms with E-state index in [1.807, 2.05) is 5.32 Å². The van der Waals surface area contributed by atoms with Gasteiger partial charge in [0.15, 0.2) is 0 Å². The van der Waals surface area contributed by atoms with Crippen LogP contribution in [0.4, 0.5) is 13.2 Å². The van der Waals surface area contributed by atoms with Crippen molar-refractivity contribution in [1.29, 1.82) is 0 Å². The molecule has 1 N–H and O–H groups in total. The summed E-state index contributed by atoms with van der Waals surface area (Å²) in [6.07, 6.45) is -2.64. The number of hydrogen-bond acceptors (Lipinski definition) is 1. The maximum Gasteiger partial charge on any atom is 0.471 e. The van der Waals surface area contributed by atoms with Crippen molar-refractivity contribution in [2.24, 2.45) is 5.41 Å². The summed E-state index contributed by atoms with van der Waals surface area (Å²) in [5.74, 6) is -1.89. The maximum atomic E-state index is 11.8. The Morgan fingerprint density at radius 1 is 1.43 bits per heavy atom. The van der Waals surface area contributed by atoms with Gasteiger partial charge in [0.05, 0.1) is 0 Å². The third kappa shape index (κ3) is 4.89. The molecule has 0 atom stereocenters. The smallest absolute Gasteiger partial charge is 0.348 e. The minimum absolute atomic E-state index is 0.0165. The van der Waals surface area contributed by atoms with Crippen LogP contribution in [0.15, 0.2) is 12.7 Å². The summed E-state index contributed by atoms with van der Waals surface area (Å²) in [5.41, 5.74) is -0.400. The zero-order valence-corrected chi connectivity index (χ0v) is 8.24. The van der Waals surface area contributed by atoms with E-state index in [1.54, 1.807) is 19.9 Å². The van der Waals surface area contributed by atoms with Crippen molar-refractivity contribution in [1.82, 2.24) is 5.32 Å². The molecular weight excluding hydrogens is 195 g/mol. The lowest BCUT2D eigenvalue weighted by Gasteiger charge is -2.23. The number of hydrogen-bond donors (Lipinski definition) is 1. The number of alkyl halides is 3. The molecule has 0 aromatic heterocycles. The number of nitrogens with one attached hydrogen (secondary N) is 1. The van der Waals surface area contributed by atoms with Gasteiger partial charge in [-0.2, -0.15) is 13.2 Å². The number of halogens is 3. The zero-order valence-electron chi connectivity index (χ0n) is 8.24. The van der Waals surface area contributed by atoms with E-state index in [-0.39, 0.29) is 6.54 Å². The molecule has 0 aromatic carbocycles. The molecule has 5 heteroatoms. The standard InChI is InChI=1S/C9H14F3NO/c1-4-5-8(2,3)6-13-7(14)9(10,11)12/h4H,1,5-6H2,2-3H3,(H,13,14). The Morgan fingerprint density at radius 3 is 2.29 bits per heavy atom. The number of rotatable bonds is 4. The van der Waals surface area contributed by atoms with Gasteiger partial charge >= 0.3 is 12.1 Å². The second kappa shape index (κ2) is 4.48. The monoisotopic (exact) mass is 209 g/mol. The van der Waals surface area contributed by atoms with E-state index in [4.69, 9.17) is 0 Å². The summed E-state index contributed by atoms with van der Waals surface area (Å²) in [5, 5.41) is 1.84. The molecule has 0 radical (unpaired) electrons. The highest BCUT2D eigenvalue weighted by Crippen LogP contribution is 2.20. The fourth-order valence-electron chi connectivity index (χ4n) is 0.883. The summed E-state index contributed by atoms with van der Waals surface area (Å²) in [6.45, 7) is 6.98. The van der Waals surface area contributed by atoms with Gasteiger partial charge in [0.2, 0.25) is 0 Å². The lowest BCUT2D eigenvalue weighted by atomic mass is 9.89. The molecule has 0 saturated heterocycles. The molecule has 0 bridgehead atoms. The summed E-state index contributed by atoms with van der Waals surface area (Å²) in [6, 6.07) is 0. The fourth-order valence-corrected chi connectivity index (χ4v) is 0.883. The molecule has 82 valence electrons. The van der Waals surface area contributed by atoms with Crippen molar-refractivity contribution in [2.75, 3.05) is 6.54 Å². The van der Waals surface area contributed by atoms with Crippen molar-refractivity contribution in [3.05, 3.63) is 12.7 Å². The molecule has 0 aromatic rings. The molecule has 0 aliphatic rings. The van der Waals surface area contributed by atoms with E-state index in [1.165, 1.54) is 0 Å². The molecule has 0 fully saturated rings. The van der Waals surface area contributed by atoms with E-state index in [0.29, 0.717) is 6.42 Å². The summed E-state index contributed by atoms with van der Waals surface area (Å²) in [7, 11) is 0. The van der Waals surface area contributed by atoms with Gasteiger partial charge in [0.25, 0.3) is 0 Å². The Bertz CT molecular complexity index is 221. The van der Waals surface area contributed by atoms with Crippen molar-refractivity contribution < 1.29 is 18.0 Å². The summed E-state index contributed by atoms with van der Waals surface area (Å²) < 4.78 is 35.3. The minimum atomic E-state index is -4.80. The third-order valence-corrected chi connectivity index (χ3v) is 1.68. The summed E-state index contributed by atoms with van der Waals surface area (Å²) >= 11 is 0. The van der Waals surface area contributed by atoms with Crippen molar-refractivity contribution in [3.8, 4) is 0 Å². The number of amides is 1. The Morgan fingerprint density at radius 2 is 1.93 bits per heavy atom. The van der Waals surface area contributed by atoms with E-state index in [9.17, 15) is 18.0 Å². The second-order valence-corrected chi connectivity index (χ2v) is 3.84. The van der Waals surface area contributed by atoms with Crippen molar-refractivity contribution >= 4 is 5.91 Å². The zero-order chi connectivity index (χ0) is 11.4. The maximum absolute atomic E-state index is 11.8. The van der Waals surface area contributed by atoms with E-state index in [2.05, 4.69) is 6.58 Å². The minimum Gasteiger partial charge on any atom is -0.348 e. The van der Waals surface area contributed by atoms with Crippen LogP contribution in [-0.4, -0.2) is 18.6 Å². The number of carbonyl (C=O) groups is 1. The first-order valence-electron chi connectivity index (χ1n) is 4.15. The first-order valence-corrected chi connectivity index (χ1v) is 4.15. The van der Waals surface area contributed by atoms with Crippen LogP contribution in [0.2, 0.25) is 0 Å². The van der Waals surface area contributed by atoms with Gasteiger partial charge in [-0.15, -0.1) is 6.58 Å². The quantitative estimate of drug-likeness (QED) is 0.707. The highest BCUT2D eigenvalue weighted by Gasteiger charge is 2.39. The van der Waals surface area contributed by atoms with Gasteiger partial charge in [-0.05, 0) is 11.8 Å². The molecule has 2 nitrogen and oxygen atoms in total. The molecule has 0 spiro atoms. The predicted octanol–water partition coefficient (Wildman–Crippen LogP) is 2.27. The van der Waals surface area contributed by atoms with Gasteiger partial charge < -0.3 is 5.32 Å². The van der Waals surface area contributed by atoms with E-state index < -0.39 is 17.5 Å². The highest BCUT2D eigenvalue weighted by molar-refractivity contribution is 5.81. The van der Waals surface area contributed by atoms with E-state index in [0.717, 1.165) is 0 Å². The Kier molecular flexibility index (Phi) is 4.16. The van der Waals surface area contributed by atoms with Crippen LogP contribution >= 0.6 is 0 Å². The normalized spacial score (nSPS) is 12.4. The van der Waals surface area contributed by atoms with E-state index >= 15 is 0 Å². The van der Waals surface area contributed by atoms with Crippen molar-refractivity contribution in [2.45, 2.75) is 26.4 Å². The van der Waals surface area contributed by atoms with Crippen molar-refractivity contribution in [3.63, 3.8) is 0 Å². The van der Waals surface area contributed by atoms with Gasteiger partial charge in [0.1, 0.15) is 0 Å². The Labute approximate surface area is 81.2 Å². The van der Waals surface area contributed by atoms with Gasteiger partial charge in [-0.3, -0.25) is 4.79 Å². The number of allylic oxidation sites excluding steroid dienone is 1. The number of carbonyl (C=O) groups excluding carboxylic acids is 1. The molecule has 0 rings (SSSR count). The molecule has 0 unspecified atom stereocenters. The summed E-state index contributed by atoms with van der Waals surface area (Å²) in [4.78, 5) is 10.5. The van der Waals surface area contributed by atoms with Crippen LogP contribution in [0.5, 0.6) is 0 Å². The highest BCUT2D eigenvalue weighted by atomic mass is 19.4. The fraction of sp³-hybridized carbons (Fsp3) is 0.667. The van der Waals surface area contributed by atoms with Crippen LogP contribution in [0.25, 0.3) is 0 Å². The van der Waals surface area contributed by atoms with Crippen LogP contribution in [0, 0.1) is 5.41 Å². The first kappa shape index (κ1) is 13.0. The molecular formula is C9H14F3NO. The van der Waals surface area contributed by atoms with Crippen LogP contribution in [0.3, 0.4) is 0 Å². The third-order valence-electron chi connectivity index (χ3n) is 1.68. The van der Waals surface area contributed by atoms with Crippen LogP contribution in [-0.2, 0) is 4.79 Å². The largest absolute Gasteiger partial charge is 0.471 e. The van der Waals surface area contributed by atoms with Gasteiger partial charge in [0, 0.05) is 6.54 Å². The van der Waals surface area contributed by atoms with Gasteiger partial charge in [-0.25, -0.2) is 0 Å². The molecule has 0 saturated carbocycles. The predicted molar refractivity (Wildman–Crippen MR) is 47.7 cm³/mol. The lowest BCUT2D eigenvalue weighted by molar-refractivity contribution is -0.174. The van der Waals surface area contributed by atoms with Gasteiger partial charge in [-0.1, -0.05) is 19.9 Å². The SMILES string of the molecule is C=CCC(C)(C)CNC(=O)C(F)(F)F. The second-order valence-electron chi connectivity index (χ2n) is 3.84.